The van der Waals surface area contributed by atoms with Crippen molar-refractivity contribution in [1.82, 2.24) is 4.90 Å². The van der Waals surface area contributed by atoms with Crippen LogP contribution in [0, 0.1) is 13.8 Å². The summed E-state index contributed by atoms with van der Waals surface area (Å²) in [5, 5.41) is 2.99. The van der Waals surface area contributed by atoms with E-state index in [0.717, 1.165) is 24.4 Å². The fourth-order valence-corrected chi connectivity index (χ4v) is 2.10. The highest BCUT2D eigenvalue weighted by Crippen LogP contribution is 2.15. The molecule has 3 heteroatoms. The minimum absolute atomic E-state index is 0.0244. The predicted octanol–water partition coefficient (Wildman–Crippen LogP) is 3.53. The second-order valence-corrected chi connectivity index (χ2v) is 5.48. The van der Waals surface area contributed by atoms with Gasteiger partial charge in [-0.05, 0) is 57.5 Å². The molecule has 0 radical (unpaired) electrons. The summed E-state index contributed by atoms with van der Waals surface area (Å²) in [7, 11) is 0. The van der Waals surface area contributed by atoms with Crippen LogP contribution in [0.3, 0.4) is 0 Å². The standard InChI is InChI=1S/C17H26N2O/c1-7-19(11-12(2)3)15(6)17(20)18-16-9-8-13(4)14(5)10-16/h8-10,15H,2,7,11H2,1,3-6H3,(H,18,20). The summed E-state index contributed by atoms with van der Waals surface area (Å²) in [5.74, 6) is 0.0244. The molecule has 1 amide bonds. The van der Waals surface area contributed by atoms with Crippen LogP contribution in [0.4, 0.5) is 5.69 Å². The molecule has 20 heavy (non-hydrogen) atoms. The Morgan fingerprint density at radius 3 is 2.50 bits per heavy atom. The van der Waals surface area contributed by atoms with Gasteiger partial charge in [0.25, 0.3) is 0 Å². The lowest BCUT2D eigenvalue weighted by atomic mass is 10.1. The molecule has 1 atom stereocenters. The summed E-state index contributed by atoms with van der Waals surface area (Å²) in [4.78, 5) is 14.4. The molecule has 0 spiro atoms. The highest BCUT2D eigenvalue weighted by molar-refractivity contribution is 5.94. The van der Waals surface area contributed by atoms with Gasteiger partial charge in [0.05, 0.1) is 6.04 Å². The first-order valence-corrected chi connectivity index (χ1v) is 7.11. The molecule has 0 aliphatic rings. The second-order valence-electron chi connectivity index (χ2n) is 5.48. The molecule has 3 nitrogen and oxygen atoms in total. The Hall–Kier alpha value is -1.61. The van der Waals surface area contributed by atoms with E-state index in [1.54, 1.807) is 0 Å². The van der Waals surface area contributed by atoms with Gasteiger partial charge in [0.15, 0.2) is 0 Å². The van der Waals surface area contributed by atoms with Gasteiger partial charge >= 0.3 is 0 Å². The average Bonchev–Trinajstić information content (AvgIpc) is 2.39. The molecular weight excluding hydrogens is 248 g/mol. The van der Waals surface area contributed by atoms with Crippen LogP contribution < -0.4 is 5.32 Å². The van der Waals surface area contributed by atoms with Crippen LogP contribution in [0.5, 0.6) is 0 Å². The van der Waals surface area contributed by atoms with Crippen molar-refractivity contribution in [3.63, 3.8) is 0 Å². The van der Waals surface area contributed by atoms with E-state index in [1.807, 2.05) is 39.0 Å². The van der Waals surface area contributed by atoms with Gasteiger partial charge in [-0.15, -0.1) is 0 Å². The van der Waals surface area contributed by atoms with E-state index in [-0.39, 0.29) is 11.9 Å². The Bertz CT molecular complexity index is 494. The van der Waals surface area contributed by atoms with Gasteiger partial charge in [0, 0.05) is 12.2 Å². The highest BCUT2D eigenvalue weighted by Gasteiger charge is 2.19. The molecule has 0 fully saturated rings. The number of anilines is 1. The van der Waals surface area contributed by atoms with Crippen LogP contribution in [0.1, 0.15) is 31.9 Å². The minimum atomic E-state index is -0.168. The van der Waals surface area contributed by atoms with E-state index in [9.17, 15) is 4.79 Å². The monoisotopic (exact) mass is 274 g/mol. The first kappa shape index (κ1) is 16.4. The summed E-state index contributed by atoms with van der Waals surface area (Å²) in [5.41, 5.74) is 4.34. The summed E-state index contributed by atoms with van der Waals surface area (Å²) in [6.07, 6.45) is 0. The van der Waals surface area contributed by atoms with E-state index in [0.29, 0.717) is 0 Å². The average molecular weight is 274 g/mol. The van der Waals surface area contributed by atoms with Crippen molar-refractivity contribution < 1.29 is 4.79 Å². The summed E-state index contributed by atoms with van der Waals surface area (Å²) in [6, 6.07) is 5.82. The number of hydrogen-bond donors (Lipinski definition) is 1. The van der Waals surface area contributed by atoms with Crippen molar-refractivity contribution in [2.75, 3.05) is 18.4 Å². The van der Waals surface area contributed by atoms with Gasteiger partial charge in [-0.25, -0.2) is 0 Å². The summed E-state index contributed by atoms with van der Waals surface area (Å²) in [6.45, 7) is 15.6. The molecular formula is C17H26N2O. The molecule has 110 valence electrons. The number of carbonyl (C=O) groups is 1. The van der Waals surface area contributed by atoms with Crippen molar-refractivity contribution in [1.29, 1.82) is 0 Å². The number of rotatable bonds is 6. The van der Waals surface area contributed by atoms with Gasteiger partial charge in [0.1, 0.15) is 0 Å². The summed E-state index contributed by atoms with van der Waals surface area (Å²) < 4.78 is 0. The Balaban J connectivity index is 2.73. The smallest absolute Gasteiger partial charge is 0.241 e. The predicted molar refractivity (Wildman–Crippen MR) is 86.1 cm³/mol. The Labute approximate surface area is 122 Å². The number of nitrogens with one attached hydrogen (secondary N) is 1. The van der Waals surface area contributed by atoms with Crippen LogP contribution in [0.2, 0.25) is 0 Å². The second kappa shape index (κ2) is 7.25. The number of carbonyl (C=O) groups excluding carboxylic acids is 1. The van der Waals surface area contributed by atoms with Gasteiger partial charge in [-0.2, -0.15) is 0 Å². The first-order chi connectivity index (χ1) is 9.35. The molecule has 1 aromatic rings. The van der Waals surface area contributed by atoms with Crippen molar-refractivity contribution in [2.24, 2.45) is 0 Å². The van der Waals surface area contributed by atoms with Crippen molar-refractivity contribution >= 4 is 11.6 Å². The third-order valence-electron chi connectivity index (χ3n) is 3.58. The van der Waals surface area contributed by atoms with Crippen LogP contribution in [-0.4, -0.2) is 29.9 Å². The molecule has 1 unspecified atom stereocenters. The minimum Gasteiger partial charge on any atom is -0.325 e. The molecule has 1 N–H and O–H groups in total. The zero-order chi connectivity index (χ0) is 15.3. The third kappa shape index (κ3) is 4.49. The Kier molecular flexibility index (Phi) is 5.96. The first-order valence-electron chi connectivity index (χ1n) is 7.11. The molecule has 0 saturated heterocycles. The fourth-order valence-electron chi connectivity index (χ4n) is 2.10. The molecule has 0 aromatic heterocycles. The van der Waals surface area contributed by atoms with E-state index in [4.69, 9.17) is 0 Å². The van der Waals surface area contributed by atoms with E-state index in [2.05, 4.69) is 30.6 Å². The number of amides is 1. The number of benzene rings is 1. The molecule has 0 saturated carbocycles. The third-order valence-corrected chi connectivity index (χ3v) is 3.58. The maximum atomic E-state index is 12.3. The van der Waals surface area contributed by atoms with Crippen molar-refractivity contribution in [2.45, 2.75) is 40.7 Å². The van der Waals surface area contributed by atoms with Gasteiger partial charge in [-0.1, -0.05) is 25.1 Å². The zero-order valence-electron chi connectivity index (χ0n) is 13.3. The summed E-state index contributed by atoms with van der Waals surface area (Å²) >= 11 is 0. The quantitative estimate of drug-likeness (QED) is 0.805. The highest BCUT2D eigenvalue weighted by atomic mass is 16.2. The lowest BCUT2D eigenvalue weighted by molar-refractivity contribution is -0.120. The van der Waals surface area contributed by atoms with E-state index >= 15 is 0 Å². The maximum Gasteiger partial charge on any atom is 0.241 e. The zero-order valence-corrected chi connectivity index (χ0v) is 13.3. The van der Waals surface area contributed by atoms with Gasteiger partial charge < -0.3 is 5.32 Å². The topological polar surface area (TPSA) is 32.3 Å². The molecule has 0 aliphatic heterocycles. The number of aryl methyl sites for hydroxylation is 2. The van der Waals surface area contributed by atoms with Crippen LogP contribution in [-0.2, 0) is 4.79 Å². The fraction of sp³-hybridized carbons (Fsp3) is 0.471. The number of nitrogens with zero attached hydrogens (tertiary/aromatic N) is 1. The Morgan fingerprint density at radius 2 is 2.00 bits per heavy atom. The SMILES string of the molecule is C=C(C)CN(CC)C(C)C(=O)Nc1ccc(C)c(C)c1. The molecule has 0 aliphatic carbocycles. The van der Waals surface area contributed by atoms with E-state index in [1.165, 1.54) is 11.1 Å². The van der Waals surface area contributed by atoms with Gasteiger partial charge in [0.2, 0.25) is 5.91 Å². The van der Waals surface area contributed by atoms with Crippen molar-refractivity contribution in [3.8, 4) is 0 Å². The molecule has 0 bridgehead atoms. The van der Waals surface area contributed by atoms with Crippen molar-refractivity contribution in [3.05, 3.63) is 41.5 Å². The van der Waals surface area contributed by atoms with Crippen LogP contribution in [0.15, 0.2) is 30.4 Å². The lowest BCUT2D eigenvalue weighted by Crippen LogP contribution is -2.42. The normalized spacial score (nSPS) is 12.3. The molecule has 0 heterocycles. The number of hydrogen-bond acceptors (Lipinski definition) is 2. The van der Waals surface area contributed by atoms with Crippen LogP contribution in [0.25, 0.3) is 0 Å². The maximum absolute atomic E-state index is 12.3. The van der Waals surface area contributed by atoms with E-state index < -0.39 is 0 Å². The Morgan fingerprint density at radius 1 is 1.35 bits per heavy atom. The lowest BCUT2D eigenvalue weighted by Gasteiger charge is -2.27. The van der Waals surface area contributed by atoms with Gasteiger partial charge in [-0.3, -0.25) is 9.69 Å². The number of likely N-dealkylation sites (N-methyl/N-ethyl adjacent to an activating group) is 1. The largest absolute Gasteiger partial charge is 0.325 e. The van der Waals surface area contributed by atoms with Crippen LogP contribution >= 0.6 is 0 Å². The molecule has 1 rings (SSSR count). The molecule has 1 aromatic carbocycles.